The molecule has 0 aliphatic carbocycles. The van der Waals surface area contributed by atoms with Gasteiger partial charge in [-0.05, 0) is 50.6 Å². The largest absolute Gasteiger partial charge is 0.444 e. The molecule has 2 aromatic carbocycles. The Hall–Kier alpha value is -4.74. The molecule has 1 fully saturated rings. The fourth-order valence-electron chi connectivity index (χ4n) is 5.07. The number of rotatable bonds is 5. The van der Waals surface area contributed by atoms with Crippen LogP contribution in [0.5, 0.6) is 0 Å². The van der Waals surface area contributed by atoms with Crippen LogP contribution in [0.2, 0.25) is 0 Å². The zero-order valence-electron chi connectivity index (χ0n) is 24.5. The van der Waals surface area contributed by atoms with Gasteiger partial charge in [-0.3, -0.25) is 4.79 Å². The minimum atomic E-state index is -3.80. The molecule has 3 heterocycles. The quantitative estimate of drug-likeness (QED) is 0.345. The standard InChI is InChI=1S/C30H29F5N6O4/c1-28(2,3)45-27(43)37-22-14-30(34,35)20-13-21(31)19(24-38-39-26(44-24)40-10-8-29(32,33)9-11-40)12-23(20)41(25(22)42)16-18-6-4-17(15-36)5-7-18/h4-7,12-13,22H,8-11,14,16H2,1-3H3,(H,37,43). The number of amides is 2. The Balaban J connectivity index is 1.55. The Labute approximate surface area is 254 Å². The average Bonchev–Trinajstić information content (AvgIpc) is 3.42. The van der Waals surface area contributed by atoms with Crippen LogP contribution in [0, 0.1) is 17.1 Å². The predicted molar refractivity (Wildman–Crippen MR) is 150 cm³/mol. The second-order valence-corrected chi connectivity index (χ2v) is 11.9. The van der Waals surface area contributed by atoms with Crippen LogP contribution in [-0.4, -0.2) is 52.9 Å². The molecule has 1 saturated heterocycles. The summed E-state index contributed by atoms with van der Waals surface area (Å²) in [4.78, 5) is 28.8. The highest BCUT2D eigenvalue weighted by Gasteiger charge is 2.47. The first-order valence-electron chi connectivity index (χ1n) is 14.0. The van der Waals surface area contributed by atoms with Crippen LogP contribution >= 0.6 is 0 Å². The van der Waals surface area contributed by atoms with Crippen molar-refractivity contribution in [2.24, 2.45) is 0 Å². The van der Waals surface area contributed by atoms with Gasteiger partial charge in [0.05, 0.1) is 29.4 Å². The van der Waals surface area contributed by atoms with Crippen molar-refractivity contribution >= 4 is 23.7 Å². The molecule has 1 atom stereocenters. The summed E-state index contributed by atoms with van der Waals surface area (Å²) in [6.45, 7) is 4.23. The molecule has 1 unspecified atom stereocenters. The molecule has 15 heteroatoms. The molecule has 1 aromatic heterocycles. The van der Waals surface area contributed by atoms with Crippen LogP contribution in [0.3, 0.4) is 0 Å². The van der Waals surface area contributed by atoms with Crippen LogP contribution in [0.1, 0.15) is 56.7 Å². The van der Waals surface area contributed by atoms with Gasteiger partial charge < -0.3 is 24.3 Å². The Morgan fingerprint density at radius 2 is 1.80 bits per heavy atom. The number of alkyl halides is 4. The molecule has 2 amide bonds. The number of anilines is 2. The molecule has 0 bridgehead atoms. The predicted octanol–water partition coefficient (Wildman–Crippen LogP) is 5.90. The number of carbonyl (C=O) groups excluding carboxylic acids is 2. The number of hydrogen-bond acceptors (Lipinski definition) is 8. The van der Waals surface area contributed by atoms with E-state index in [9.17, 15) is 18.4 Å². The number of alkyl carbamates (subject to hydrolysis) is 1. The lowest BCUT2D eigenvalue weighted by molar-refractivity contribution is -0.123. The highest BCUT2D eigenvalue weighted by Crippen LogP contribution is 2.45. The number of ether oxygens (including phenoxy) is 1. The van der Waals surface area contributed by atoms with Gasteiger partial charge in [0.2, 0.25) is 5.91 Å². The number of aromatic nitrogens is 2. The molecule has 2 aliphatic heterocycles. The lowest BCUT2D eigenvalue weighted by Crippen LogP contribution is -2.49. The Kier molecular flexibility index (Phi) is 8.20. The fraction of sp³-hybridized carbons (Fsp3) is 0.433. The second kappa shape index (κ2) is 11.6. The number of nitriles is 1. The van der Waals surface area contributed by atoms with Crippen molar-refractivity contribution in [3.8, 4) is 17.5 Å². The summed E-state index contributed by atoms with van der Waals surface area (Å²) in [5, 5.41) is 19.0. The van der Waals surface area contributed by atoms with E-state index in [0.29, 0.717) is 17.2 Å². The maximum Gasteiger partial charge on any atom is 0.408 e. The van der Waals surface area contributed by atoms with Crippen LogP contribution in [-0.2, 0) is 22.0 Å². The Morgan fingerprint density at radius 1 is 1.13 bits per heavy atom. The monoisotopic (exact) mass is 632 g/mol. The SMILES string of the molecule is CC(C)(C)OC(=O)NC1CC(F)(F)c2cc(F)c(-c3nnc(N4CCC(F)(F)CC4)o3)cc2N(Cc2ccc(C#N)cc2)C1=O. The van der Waals surface area contributed by atoms with Crippen LogP contribution in [0.4, 0.5) is 38.4 Å². The lowest BCUT2D eigenvalue weighted by Gasteiger charge is -2.30. The van der Waals surface area contributed by atoms with Crippen molar-refractivity contribution in [3.63, 3.8) is 0 Å². The van der Waals surface area contributed by atoms with Crippen molar-refractivity contribution < 1.29 is 40.7 Å². The van der Waals surface area contributed by atoms with Crippen molar-refractivity contribution in [2.75, 3.05) is 22.9 Å². The normalized spacial score (nSPS) is 19.4. The number of carbonyl (C=O) groups is 2. The van der Waals surface area contributed by atoms with Gasteiger partial charge >= 0.3 is 12.1 Å². The molecule has 238 valence electrons. The third-order valence-electron chi connectivity index (χ3n) is 7.32. The zero-order valence-corrected chi connectivity index (χ0v) is 24.5. The molecular formula is C30H29F5N6O4. The molecule has 2 aliphatic rings. The summed E-state index contributed by atoms with van der Waals surface area (Å²) < 4.78 is 85.2. The summed E-state index contributed by atoms with van der Waals surface area (Å²) in [5.74, 6) is -9.14. The highest BCUT2D eigenvalue weighted by atomic mass is 19.3. The number of halogens is 5. The summed E-state index contributed by atoms with van der Waals surface area (Å²) in [6, 6.07) is 7.64. The molecule has 45 heavy (non-hydrogen) atoms. The van der Waals surface area contributed by atoms with Gasteiger partial charge in [-0.25, -0.2) is 26.7 Å². The van der Waals surface area contributed by atoms with Gasteiger partial charge in [-0.15, -0.1) is 5.10 Å². The van der Waals surface area contributed by atoms with Crippen LogP contribution in [0.15, 0.2) is 40.8 Å². The first-order chi connectivity index (χ1) is 21.0. The number of hydrogen-bond donors (Lipinski definition) is 1. The van der Waals surface area contributed by atoms with E-state index in [1.54, 1.807) is 20.8 Å². The van der Waals surface area contributed by atoms with Gasteiger partial charge in [-0.2, -0.15) is 5.26 Å². The zero-order chi connectivity index (χ0) is 32.7. The molecule has 5 rings (SSSR count). The summed E-state index contributed by atoms with van der Waals surface area (Å²) >= 11 is 0. The number of nitrogens with zero attached hydrogens (tertiary/aromatic N) is 5. The Morgan fingerprint density at radius 3 is 2.42 bits per heavy atom. The van der Waals surface area contributed by atoms with E-state index in [1.165, 1.54) is 29.2 Å². The first-order valence-corrected chi connectivity index (χ1v) is 14.0. The molecule has 1 N–H and O–H groups in total. The summed E-state index contributed by atoms with van der Waals surface area (Å²) in [7, 11) is 0. The fourth-order valence-corrected chi connectivity index (χ4v) is 5.07. The van der Waals surface area contributed by atoms with E-state index < -0.39 is 77.6 Å². The van der Waals surface area contributed by atoms with E-state index in [-0.39, 0.29) is 31.3 Å². The van der Waals surface area contributed by atoms with Gasteiger partial charge in [0.1, 0.15) is 17.5 Å². The minimum Gasteiger partial charge on any atom is -0.444 e. The molecule has 0 radical (unpaired) electrons. The molecular weight excluding hydrogens is 603 g/mol. The molecule has 0 saturated carbocycles. The molecule has 3 aromatic rings. The van der Waals surface area contributed by atoms with Crippen molar-refractivity contribution in [2.45, 2.75) is 70.1 Å². The maximum absolute atomic E-state index is 15.8. The van der Waals surface area contributed by atoms with Crippen LogP contribution < -0.4 is 15.1 Å². The van der Waals surface area contributed by atoms with Crippen molar-refractivity contribution in [3.05, 3.63) is 58.9 Å². The van der Waals surface area contributed by atoms with Gasteiger partial charge in [0, 0.05) is 37.9 Å². The minimum absolute atomic E-state index is 0.0908. The third-order valence-corrected chi connectivity index (χ3v) is 7.32. The van der Waals surface area contributed by atoms with Gasteiger partial charge in [0.25, 0.3) is 17.7 Å². The van der Waals surface area contributed by atoms with Gasteiger partial charge in [-0.1, -0.05) is 17.2 Å². The molecule has 10 nitrogen and oxygen atoms in total. The summed E-state index contributed by atoms with van der Waals surface area (Å²) in [5.41, 5.74) is -1.81. The van der Waals surface area contributed by atoms with E-state index in [2.05, 4.69) is 15.5 Å². The number of nitrogens with one attached hydrogen (secondary N) is 1. The maximum atomic E-state index is 15.8. The second-order valence-electron chi connectivity index (χ2n) is 11.9. The van der Waals surface area contributed by atoms with Crippen molar-refractivity contribution in [1.29, 1.82) is 5.26 Å². The first kappa shape index (κ1) is 31.7. The third kappa shape index (κ3) is 7.00. The van der Waals surface area contributed by atoms with E-state index >= 15 is 13.2 Å². The number of benzene rings is 2. The van der Waals surface area contributed by atoms with E-state index in [4.69, 9.17) is 14.4 Å². The van der Waals surface area contributed by atoms with Crippen molar-refractivity contribution in [1.82, 2.24) is 15.5 Å². The number of fused-ring (bicyclic) bond motifs is 1. The topological polar surface area (TPSA) is 125 Å². The van der Waals surface area contributed by atoms with E-state index in [1.807, 2.05) is 6.07 Å². The van der Waals surface area contributed by atoms with E-state index in [0.717, 1.165) is 11.0 Å². The molecule has 0 spiro atoms. The van der Waals surface area contributed by atoms with Gasteiger partial charge in [0.15, 0.2) is 0 Å². The lowest BCUT2D eigenvalue weighted by atomic mass is 9.99. The number of piperidine rings is 1. The smallest absolute Gasteiger partial charge is 0.408 e. The Bertz CT molecular complexity index is 1640. The highest BCUT2D eigenvalue weighted by molar-refractivity contribution is 6.00. The summed E-state index contributed by atoms with van der Waals surface area (Å²) in [6.07, 6.45) is -3.18. The van der Waals surface area contributed by atoms with Crippen LogP contribution in [0.25, 0.3) is 11.5 Å². The average molecular weight is 633 g/mol.